The third kappa shape index (κ3) is 5.45. The lowest BCUT2D eigenvalue weighted by molar-refractivity contribution is -0.139. The van der Waals surface area contributed by atoms with Crippen LogP contribution in [-0.4, -0.2) is 40.8 Å². The molecule has 1 unspecified atom stereocenters. The van der Waals surface area contributed by atoms with Gasteiger partial charge in [0.15, 0.2) is 0 Å². The molecule has 0 aromatic heterocycles. The van der Waals surface area contributed by atoms with Gasteiger partial charge in [0.2, 0.25) is 10.0 Å². The monoisotopic (exact) mass is 422 g/mol. The van der Waals surface area contributed by atoms with Crippen molar-refractivity contribution in [2.75, 3.05) is 26.8 Å². The van der Waals surface area contributed by atoms with E-state index in [1.165, 1.54) is 7.11 Å². The second kappa shape index (κ2) is 8.41. The van der Waals surface area contributed by atoms with Crippen LogP contribution < -0.4 is 10.0 Å². The summed E-state index contributed by atoms with van der Waals surface area (Å²) in [6.07, 6.45) is -3.33. The molecule has 1 heterocycles. The molecule has 25 heavy (non-hydrogen) atoms. The molecule has 1 saturated heterocycles. The third-order valence-electron chi connectivity index (χ3n) is 3.89. The Morgan fingerprint density at radius 1 is 1.40 bits per heavy atom. The molecule has 2 rings (SSSR count). The molecule has 0 aliphatic carbocycles. The number of methoxy groups -OCH3 is 1. The Morgan fingerprint density at radius 2 is 2.08 bits per heavy atom. The maximum atomic E-state index is 13.1. The van der Waals surface area contributed by atoms with E-state index in [9.17, 15) is 21.6 Å². The number of halogens is 5. The normalized spacial score (nSPS) is 21.2. The molecule has 5 nitrogen and oxygen atoms in total. The van der Waals surface area contributed by atoms with Gasteiger partial charge in [-0.25, -0.2) is 13.1 Å². The van der Waals surface area contributed by atoms with Gasteiger partial charge >= 0.3 is 6.18 Å². The Kier molecular flexibility index (Phi) is 7.55. The van der Waals surface area contributed by atoms with Gasteiger partial charge < -0.3 is 10.1 Å². The van der Waals surface area contributed by atoms with Crippen LogP contribution in [0.1, 0.15) is 18.4 Å². The molecular weight excluding hydrogens is 404 g/mol. The first-order chi connectivity index (χ1) is 11.1. The second-order valence-electron chi connectivity index (χ2n) is 5.71. The van der Waals surface area contributed by atoms with Gasteiger partial charge in [-0.2, -0.15) is 13.2 Å². The van der Waals surface area contributed by atoms with Crippen molar-refractivity contribution in [2.45, 2.75) is 29.5 Å². The topological polar surface area (TPSA) is 67.4 Å². The lowest BCUT2D eigenvalue weighted by atomic mass is 9.99. The molecule has 1 atom stereocenters. The average Bonchev–Trinajstić information content (AvgIpc) is 2.94. The number of rotatable bonds is 6. The van der Waals surface area contributed by atoms with E-state index < -0.39 is 32.2 Å². The van der Waals surface area contributed by atoms with Gasteiger partial charge in [-0.1, -0.05) is 11.6 Å². The zero-order valence-electron chi connectivity index (χ0n) is 13.3. The SMILES string of the molecule is COCC1(CNS(=O)(=O)c2ccc(Cl)cc2C(F)(F)F)CCCN1.Cl. The quantitative estimate of drug-likeness (QED) is 0.739. The molecule has 144 valence electrons. The molecule has 11 heteroatoms. The van der Waals surface area contributed by atoms with E-state index in [2.05, 4.69) is 10.0 Å². The average molecular weight is 423 g/mol. The molecule has 0 amide bonds. The van der Waals surface area contributed by atoms with E-state index in [0.29, 0.717) is 19.0 Å². The van der Waals surface area contributed by atoms with Gasteiger partial charge in [0, 0.05) is 18.7 Å². The Bertz CT molecular complexity index is 693. The first-order valence-corrected chi connectivity index (χ1v) is 9.06. The largest absolute Gasteiger partial charge is 0.417 e. The van der Waals surface area contributed by atoms with E-state index in [1.54, 1.807) is 0 Å². The van der Waals surface area contributed by atoms with Gasteiger partial charge in [-0.3, -0.25) is 0 Å². The van der Waals surface area contributed by atoms with E-state index in [0.717, 1.165) is 18.6 Å². The predicted octanol–water partition coefficient (Wildman–Crippen LogP) is 2.83. The Morgan fingerprint density at radius 3 is 2.60 bits per heavy atom. The van der Waals surface area contributed by atoms with Crippen LogP contribution in [0.25, 0.3) is 0 Å². The van der Waals surface area contributed by atoms with Crippen molar-refractivity contribution in [1.82, 2.24) is 10.0 Å². The molecule has 0 radical (unpaired) electrons. The Hall–Kier alpha value is -0.580. The summed E-state index contributed by atoms with van der Waals surface area (Å²) in [6.45, 7) is 0.880. The summed E-state index contributed by atoms with van der Waals surface area (Å²) in [5.41, 5.74) is -1.91. The Balaban J connectivity index is 0.00000312. The highest BCUT2D eigenvalue weighted by Gasteiger charge is 2.39. The van der Waals surface area contributed by atoms with Gasteiger partial charge in [0.25, 0.3) is 0 Å². The van der Waals surface area contributed by atoms with Crippen LogP contribution in [-0.2, 0) is 20.9 Å². The molecule has 0 bridgehead atoms. The highest BCUT2D eigenvalue weighted by Crippen LogP contribution is 2.35. The van der Waals surface area contributed by atoms with Crippen molar-refractivity contribution in [3.63, 3.8) is 0 Å². The van der Waals surface area contributed by atoms with Crippen LogP contribution in [0.4, 0.5) is 13.2 Å². The molecule has 1 aromatic rings. The highest BCUT2D eigenvalue weighted by atomic mass is 35.5. The number of benzene rings is 1. The van der Waals surface area contributed by atoms with Crippen molar-refractivity contribution in [2.24, 2.45) is 0 Å². The van der Waals surface area contributed by atoms with Crippen LogP contribution in [0.5, 0.6) is 0 Å². The van der Waals surface area contributed by atoms with Crippen molar-refractivity contribution in [3.8, 4) is 0 Å². The molecule has 1 aliphatic heterocycles. The van der Waals surface area contributed by atoms with Crippen LogP contribution >= 0.6 is 24.0 Å². The van der Waals surface area contributed by atoms with Crippen molar-refractivity contribution in [3.05, 3.63) is 28.8 Å². The summed E-state index contributed by atoms with van der Waals surface area (Å²) in [5.74, 6) is 0. The molecule has 2 N–H and O–H groups in total. The van der Waals surface area contributed by atoms with Crippen LogP contribution in [0.3, 0.4) is 0 Å². The number of alkyl halides is 3. The van der Waals surface area contributed by atoms with E-state index in [-0.39, 0.29) is 30.6 Å². The summed E-state index contributed by atoms with van der Waals surface area (Å²) >= 11 is 5.58. The highest BCUT2D eigenvalue weighted by molar-refractivity contribution is 7.89. The zero-order chi connectivity index (χ0) is 18.0. The Labute approximate surface area is 155 Å². The summed E-state index contributed by atoms with van der Waals surface area (Å²) in [7, 11) is -2.88. The van der Waals surface area contributed by atoms with Crippen LogP contribution in [0.2, 0.25) is 5.02 Å². The smallest absolute Gasteiger partial charge is 0.383 e. The predicted molar refractivity (Wildman–Crippen MR) is 90.7 cm³/mol. The summed E-state index contributed by atoms with van der Waals surface area (Å²) in [5, 5.41) is 2.97. The number of hydrogen-bond acceptors (Lipinski definition) is 4. The number of sulfonamides is 1. The maximum absolute atomic E-state index is 13.1. The molecule has 0 spiro atoms. The van der Waals surface area contributed by atoms with E-state index >= 15 is 0 Å². The van der Waals surface area contributed by atoms with Crippen molar-refractivity contribution < 1.29 is 26.3 Å². The summed E-state index contributed by atoms with van der Waals surface area (Å²) in [6, 6.07) is 2.58. The fraction of sp³-hybridized carbons (Fsp3) is 0.571. The lowest BCUT2D eigenvalue weighted by Gasteiger charge is -2.29. The summed E-state index contributed by atoms with van der Waals surface area (Å²) in [4.78, 5) is -0.843. The summed E-state index contributed by atoms with van der Waals surface area (Å²) < 4.78 is 71.5. The first-order valence-electron chi connectivity index (χ1n) is 7.20. The number of hydrogen-bond donors (Lipinski definition) is 2. The van der Waals surface area contributed by atoms with E-state index in [4.69, 9.17) is 16.3 Å². The lowest BCUT2D eigenvalue weighted by Crippen LogP contribution is -2.53. The van der Waals surface area contributed by atoms with E-state index in [1.807, 2.05) is 0 Å². The first kappa shape index (κ1) is 22.5. The minimum atomic E-state index is -4.83. The van der Waals surface area contributed by atoms with Crippen LogP contribution in [0.15, 0.2) is 23.1 Å². The fourth-order valence-electron chi connectivity index (χ4n) is 2.74. The maximum Gasteiger partial charge on any atom is 0.417 e. The standard InChI is InChI=1S/C14H18ClF3N2O3S.ClH/c1-23-9-13(5-2-6-19-13)8-20-24(21,22)12-4-3-10(15)7-11(12)14(16,17)18;/h3-4,7,19-20H,2,5-6,8-9H2,1H3;1H. The van der Waals surface area contributed by atoms with Gasteiger partial charge in [0.05, 0.1) is 22.6 Å². The minimum Gasteiger partial charge on any atom is -0.383 e. The van der Waals surface area contributed by atoms with Gasteiger partial charge in [-0.05, 0) is 37.6 Å². The molecular formula is C14H19Cl2F3N2O3S. The van der Waals surface area contributed by atoms with Crippen LogP contribution in [0, 0.1) is 0 Å². The number of nitrogens with one attached hydrogen (secondary N) is 2. The zero-order valence-corrected chi connectivity index (χ0v) is 15.7. The third-order valence-corrected chi connectivity index (χ3v) is 5.58. The molecule has 1 aromatic carbocycles. The van der Waals surface area contributed by atoms with Gasteiger partial charge in [-0.15, -0.1) is 12.4 Å². The molecule has 1 fully saturated rings. The second-order valence-corrected chi connectivity index (χ2v) is 7.88. The molecule has 0 saturated carbocycles. The fourth-order valence-corrected chi connectivity index (χ4v) is 4.24. The molecule has 1 aliphatic rings. The minimum absolute atomic E-state index is 0. The number of ether oxygens (including phenoxy) is 1. The van der Waals surface area contributed by atoms with Crippen molar-refractivity contribution in [1.29, 1.82) is 0 Å². The van der Waals surface area contributed by atoms with Crippen molar-refractivity contribution >= 4 is 34.0 Å². The van der Waals surface area contributed by atoms with Gasteiger partial charge in [0.1, 0.15) is 0 Å².